The number of rotatable bonds is 7. The average Bonchev–Trinajstić information content (AvgIpc) is 3.27. The number of anilines is 2. The zero-order valence-electron chi connectivity index (χ0n) is 17.9. The number of nitrogens with zero attached hydrogens (tertiary/aromatic N) is 1. The van der Waals surface area contributed by atoms with E-state index in [0.29, 0.717) is 32.1 Å². The summed E-state index contributed by atoms with van der Waals surface area (Å²) in [4.78, 5) is 30.6. The summed E-state index contributed by atoms with van der Waals surface area (Å²) in [6.45, 7) is 1.82. The van der Waals surface area contributed by atoms with Crippen molar-refractivity contribution in [1.29, 1.82) is 0 Å². The van der Waals surface area contributed by atoms with Crippen molar-refractivity contribution in [3.05, 3.63) is 93.8 Å². The van der Waals surface area contributed by atoms with Crippen LogP contribution in [-0.2, 0) is 4.79 Å². The lowest BCUT2D eigenvalue weighted by Crippen LogP contribution is -2.22. The summed E-state index contributed by atoms with van der Waals surface area (Å²) in [6.07, 6.45) is 0. The fourth-order valence-electron chi connectivity index (χ4n) is 3.07. The summed E-state index contributed by atoms with van der Waals surface area (Å²) in [5, 5.41) is 8.82. The van der Waals surface area contributed by atoms with Gasteiger partial charge in [-0.15, -0.1) is 23.1 Å². The van der Waals surface area contributed by atoms with Gasteiger partial charge in [0.15, 0.2) is 5.13 Å². The van der Waals surface area contributed by atoms with Gasteiger partial charge in [0.25, 0.3) is 5.91 Å². The van der Waals surface area contributed by atoms with Crippen molar-refractivity contribution in [2.45, 2.75) is 17.1 Å². The van der Waals surface area contributed by atoms with Crippen LogP contribution in [-0.4, -0.2) is 22.0 Å². The number of thiazole rings is 1. The summed E-state index contributed by atoms with van der Waals surface area (Å²) in [5.41, 5.74) is 2.64. The first kappa shape index (κ1) is 24.3. The van der Waals surface area contributed by atoms with Gasteiger partial charge in [0.05, 0.1) is 10.9 Å². The van der Waals surface area contributed by atoms with E-state index in [2.05, 4.69) is 15.6 Å². The van der Waals surface area contributed by atoms with Gasteiger partial charge in [-0.2, -0.15) is 0 Å². The lowest BCUT2D eigenvalue weighted by molar-refractivity contribution is -0.115. The minimum atomic E-state index is -0.383. The topological polar surface area (TPSA) is 71.1 Å². The average molecular weight is 528 g/mol. The maximum Gasteiger partial charge on any atom is 0.255 e. The minimum absolute atomic E-state index is 0.168. The van der Waals surface area contributed by atoms with Gasteiger partial charge >= 0.3 is 0 Å². The molecule has 1 unspecified atom stereocenters. The Hall–Kier alpha value is -2.84. The maximum atomic E-state index is 12.7. The van der Waals surface area contributed by atoms with E-state index in [1.54, 1.807) is 36.4 Å². The van der Waals surface area contributed by atoms with E-state index >= 15 is 0 Å². The molecule has 4 aromatic rings. The third kappa shape index (κ3) is 6.18. The van der Waals surface area contributed by atoms with Crippen LogP contribution in [0.25, 0.3) is 11.3 Å². The molecule has 172 valence electrons. The largest absolute Gasteiger partial charge is 0.322 e. The van der Waals surface area contributed by atoms with Crippen molar-refractivity contribution in [1.82, 2.24) is 4.98 Å². The van der Waals surface area contributed by atoms with E-state index in [4.69, 9.17) is 23.2 Å². The highest BCUT2D eigenvalue weighted by Crippen LogP contribution is 2.31. The first-order chi connectivity index (χ1) is 16.4. The fourth-order valence-corrected chi connectivity index (χ4v) is 5.13. The molecule has 0 saturated heterocycles. The number of thioether (sulfide) groups is 1. The number of benzene rings is 3. The molecule has 3 aromatic carbocycles. The molecule has 34 heavy (non-hydrogen) atoms. The molecule has 0 spiro atoms. The molecule has 5 nitrogen and oxygen atoms in total. The Bertz CT molecular complexity index is 1340. The second kappa shape index (κ2) is 11.1. The van der Waals surface area contributed by atoms with Crippen LogP contribution >= 0.6 is 46.3 Å². The molecule has 1 heterocycles. The van der Waals surface area contributed by atoms with E-state index in [0.717, 1.165) is 10.5 Å². The molecule has 0 aliphatic rings. The van der Waals surface area contributed by atoms with Crippen LogP contribution < -0.4 is 10.6 Å². The summed E-state index contributed by atoms with van der Waals surface area (Å²) >= 11 is 14.9. The van der Waals surface area contributed by atoms with Gasteiger partial charge in [0.2, 0.25) is 5.91 Å². The number of hydrogen-bond donors (Lipinski definition) is 2. The first-order valence-electron chi connectivity index (χ1n) is 10.2. The smallest absolute Gasteiger partial charge is 0.255 e. The van der Waals surface area contributed by atoms with Crippen molar-refractivity contribution in [2.75, 3.05) is 10.6 Å². The Morgan fingerprint density at radius 1 is 0.971 bits per heavy atom. The van der Waals surface area contributed by atoms with Gasteiger partial charge in [-0.3, -0.25) is 9.59 Å². The number of halogens is 2. The lowest BCUT2D eigenvalue weighted by atomic mass is 10.2. The molecule has 9 heteroatoms. The van der Waals surface area contributed by atoms with Crippen molar-refractivity contribution < 1.29 is 9.59 Å². The summed E-state index contributed by atoms with van der Waals surface area (Å²) in [6, 6.07) is 21.5. The molecule has 0 fully saturated rings. The van der Waals surface area contributed by atoms with Gasteiger partial charge in [-0.25, -0.2) is 4.98 Å². The zero-order chi connectivity index (χ0) is 24.1. The highest BCUT2D eigenvalue weighted by atomic mass is 35.5. The number of nitrogens with one attached hydrogen (secondary N) is 2. The van der Waals surface area contributed by atoms with Gasteiger partial charge in [-0.05, 0) is 49.4 Å². The monoisotopic (exact) mass is 527 g/mol. The van der Waals surface area contributed by atoms with E-state index < -0.39 is 0 Å². The maximum absolute atomic E-state index is 12.7. The van der Waals surface area contributed by atoms with Crippen LogP contribution in [0.5, 0.6) is 0 Å². The molecular formula is C25H19Cl2N3O2S2. The Morgan fingerprint density at radius 2 is 1.76 bits per heavy atom. The van der Waals surface area contributed by atoms with Crippen molar-refractivity contribution in [2.24, 2.45) is 0 Å². The predicted molar refractivity (Wildman–Crippen MR) is 142 cm³/mol. The Balaban J connectivity index is 1.37. The zero-order valence-corrected chi connectivity index (χ0v) is 21.1. The minimum Gasteiger partial charge on any atom is -0.322 e. The fraction of sp³-hybridized carbons (Fsp3) is 0.0800. The molecular weight excluding hydrogens is 509 g/mol. The van der Waals surface area contributed by atoms with Crippen LogP contribution in [0.3, 0.4) is 0 Å². The Morgan fingerprint density at radius 3 is 2.56 bits per heavy atom. The quantitative estimate of drug-likeness (QED) is 0.244. The molecule has 2 amide bonds. The molecule has 1 atom stereocenters. The Labute approximate surface area is 215 Å². The highest BCUT2D eigenvalue weighted by molar-refractivity contribution is 8.00. The molecule has 0 aliphatic heterocycles. The first-order valence-corrected chi connectivity index (χ1v) is 12.8. The van der Waals surface area contributed by atoms with Crippen molar-refractivity contribution in [3.8, 4) is 11.3 Å². The molecule has 4 rings (SSSR count). The second-order valence-electron chi connectivity index (χ2n) is 7.26. The van der Waals surface area contributed by atoms with Gasteiger partial charge in [0, 0.05) is 37.1 Å². The number of amides is 2. The number of carbonyl (C=O) groups is 2. The standard InChI is InChI=1S/C25H19Cl2N3O2S2/c1-15(23(31)30-25-29-22(14-33-25)20-10-2-3-11-21(20)27)34-19-9-5-8-18(13-19)28-24(32)16-6-4-7-17(26)12-16/h2-15H,1H3,(H,28,32)(H,29,30,31). The van der Waals surface area contributed by atoms with Crippen molar-refractivity contribution >= 4 is 68.9 Å². The molecule has 0 aliphatic carbocycles. The van der Waals surface area contributed by atoms with Crippen LogP contribution in [0.15, 0.2) is 83.1 Å². The molecule has 0 bridgehead atoms. The van der Waals surface area contributed by atoms with Crippen LogP contribution in [0.1, 0.15) is 17.3 Å². The molecule has 1 aromatic heterocycles. The van der Waals surface area contributed by atoms with Crippen LogP contribution in [0.4, 0.5) is 10.8 Å². The Kier molecular flexibility index (Phi) is 7.90. The molecule has 0 radical (unpaired) electrons. The SMILES string of the molecule is CC(Sc1cccc(NC(=O)c2cccc(Cl)c2)c1)C(=O)Nc1nc(-c2ccccc2Cl)cs1. The lowest BCUT2D eigenvalue weighted by Gasteiger charge is -2.12. The second-order valence-corrected chi connectivity index (χ2v) is 10.4. The number of carbonyl (C=O) groups excluding carboxylic acids is 2. The molecule has 2 N–H and O–H groups in total. The number of aromatic nitrogens is 1. The van der Waals surface area contributed by atoms with Crippen LogP contribution in [0.2, 0.25) is 10.0 Å². The van der Waals surface area contributed by atoms with Crippen molar-refractivity contribution in [3.63, 3.8) is 0 Å². The molecule has 0 saturated carbocycles. The third-order valence-corrected chi connectivity index (χ3v) is 7.16. The van der Waals surface area contributed by atoms with Crippen LogP contribution in [0, 0.1) is 0 Å². The van der Waals surface area contributed by atoms with Gasteiger partial charge in [-0.1, -0.05) is 53.5 Å². The predicted octanol–water partition coefficient (Wildman–Crippen LogP) is 7.49. The normalized spacial score (nSPS) is 11.6. The van der Waals surface area contributed by atoms with E-state index in [9.17, 15) is 9.59 Å². The summed E-state index contributed by atoms with van der Waals surface area (Å²) in [5.74, 6) is -0.424. The highest BCUT2D eigenvalue weighted by Gasteiger charge is 2.17. The van der Waals surface area contributed by atoms with E-state index in [1.807, 2.05) is 48.7 Å². The number of hydrogen-bond acceptors (Lipinski definition) is 5. The van der Waals surface area contributed by atoms with Gasteiger partial charge in [0.1, 0.15) is 0 Å². The summed E-state index contributed by atoms with van der Waals surface area (Å²) in [7, 11) is 0. The van der Waals surface area contributed by atoms with Gasteiger partial charge < -0.3 is 10.6 Å². The van der Waals surface area contributed by atoms with E-state index in [1.165, 1.54) is 23.1 Å². The third-order valence-electron chi connectivity index (χ3n) is 4.74. The van der Waals surface area contributed by atoms with E-state index in [-0.39, 0.29) is 17.1 Å². The summed E-state index contributed by atoms with van der Waals surface area (Å²) < 4.78 is 0.